The normalized spacial score (nSPS) is 13.5. The minimum absolute atomic E-state index is 0.0645. The lowest BCUT2D eigenvalue weighted by Crippen LogP contribution is -2.32. The van der Waals surface area contributed by atoms with E-state index in [1.807, 2.05) is 30.3 Å². The van der Waals surface area contributed by atoms with Crippen LogP contribution in [0.15, 0.2) is 30.3 Å². The third-order valence-electron chi connectivity index (χ3n) is 2.80. The van der Waals surface area contributed by atoms with Crippen LogP contribution in [0.3, 0.4) is 0 Å². The Labute approximate surface area is 117 Å². The summed E-state index contributed by atoms with van der Waals surface area (Å²) in [6.07, 6.45) is -0.732. The lowest BCUT2D eigenvalue weighted by molar-refractivity contribution is -0.147. The molecule has 0 radical (unpaired) electrons. The van der Waals surface area contributed by atoms with E-state index in [9.17, 15) is 9.59 Å². The predicted octanol–water partition coefficient (Wildman–Crippen LogP) is 0.673. The first-order valence-electron chi connectivity index (χ1n) is 6.37. The van der Waals surface area contributed by atoms with Gasteiger partial charge in [-0.1, -0.05) is 30.3 Å². The van der Waals surface area contributed by atoms with Crippen molar-refractivity contribution < 1.29 is 24.5 Å². The van der Waals surface area contributed by atoms with Gasteiger partial charge in [0.15, 0.2) is 6.10 Å². The molecule has 20 heavy (non-hydrogen) atoms. The summed E-state index contributed by atoms with van der Waals surface area (Å²) in [4.78, 5) is 22.0. The molecular weight excluding hydrogens is 262 g/mol. The highest BCUT2D eigenvalue weighted by atomic mass is 16.5. The van der Waals surface area contributed by atoms with E-state index in [-0.39, 0.29) is 19.4 Å². The van der Waals surface area contributed by atoms with Gasteiger partial charge in [-0.2, -0.15) is 0 Å². The van der Waals surface area contributed by atoms with Gasteiger partial charge >= 0.3 is 11.9 Å². The van der Waals surface area contributed by atoms with Gasteiger partial charge in [0.2, 0.25) is 0 Å². The van der Waals surface area contributed by atoms with Crippen LogP contribution in [-0.2, 0) is 20.9 Å². The number of carbonyl (C=O) groups excluding carboxylic acids is 1. The number of rotatable bonds is 8. The number of ether oxygens (including phenoxy) is 1. The van der Waals surface area contributed by atoms with E-state index in [0.29, 0.717) is 6.42 Å². The highest BCUT2D eigenvalue weighted by Gasteiger charge is 2.17. The molecule has 1 aromatic rings. The number of benzene rings is 1. The Balaban J connectivity index is 2.24. The maximum Gasteiger partial charge on any atom is 0.332 e. The maximum absolute atomic E-state index is 11.6. The molecule has 0 saturated carbocycles. The zero-order chi connectivity index (χ0) is 15.0. The Kier molecular flexibility index (Phi) is 6.69. The SMILES string of the molecule is NC(CCCC(O)C(=O)O)C(=O)OCc1ccccc1. The summed E-state index contributed by atoms with van der Waals surface area (Å²) in [6.45, 7) is 0.158. The maximum atomic E-state index is 11.6. The molecule has 110 valence electrons. The summed E-state index contributed by atoms with van der Waals surface area (Å²) in [5.41, 5.74) is 6.51. The topological polar surface area (TPSA) is 110 Å². The summed E-state index contributed by atoms with van der Waals surface area (Å²) in [6, 6.07) is 8.42. The van der Waals surface area contributed by atoms with Crippen LogP contribution < -0.4 is 5.73 Å². The minimum Gasteiger partial charge on any atom is -0.479 e. The number of esters is 1. The summed E-state index contributed by atoms with van der Waals surface area (Å²) in [7, 11) is 0. The Morgan fingerprint density at radius 2 is 1.85 bits per heavy atom. The van der Waals surface area contributed by atoms with Crippen molar-refractivity contribution in [2.45, 2.75) is 38.0 Å². The monoisotopic (exact) mass is 281 g/mol. The van der Waals surface area contributed by atoms with E-state index >= 15 is 0 Å². The fourth-order valence-corrected chi connectivity index (χ4v) is 1.61. The van der Waals surface area contributed by atoms with Gasteiger partial charge in [0.1, 0.15) is 12.6 Å². The largest absolute Gasteiger partial charge is 0.479 e. The average Bonchev–Trinajstić information content (AvgIpc) is 2.45. The molecule has 0 aliphatic heterocycles. The van der Waals surface area contributed by atoms with Gasteiger partial charge in [-0.15, -0.1) is 0 Å². The van der Waals surface area contributed by atoms with Crippen molar-refractivity contribution in [3.63, 3.8) is 0 Å². The number of nitrogens with two attached hydrogens (primary N) is 1. The second-order valence-electron chi connectivity index (χ2n) is 4.48. The first-order chi connectivity index (χ1) is 9.50. The van der Waals surface area contributed by atoms with Gasteiger partial charge in [0.25, 0.3) is 0 Å². The van der Waals surface area contributed by atoms with Crippen LogP contribution >= 0.6 is 0 Å². The number of aliphatic hydroxyl groups is 1. The first-order valence-corrected chi connectivity index (χ1v) is 6.37. The smallest absolute Gasteiger partial charge is 0.332 e. The molecule has 6 nitrogen and oxygen atoms in total. The molecule has 0 fully saturated rings. The summed E-state index contributed by atoms with van der Waals surface area (Å²) in [5, 5.41) is 17.6. The van der Waals surface area contributed by atoms with Crippen LogP contribution in [0.1, 0.15) is 24.8 Å². The standard InChI is InChI=1S/C14H19NO5/c15-11(7-4-8-12(16)13(17)18)14(19)20-9-10-5-2-1-3-6-10/h1-3,5-6,11-12,16H,4,7-9,15H2,(H,17,18). The number of aliphatic hydroxyl groups excluding tert-OH is 1. The Morgan fingerprint density at radius 3 is 2.45 bits per heavy atom. The summed E-state index contributed by atoms with van der Waals surface area (Å²) in [5.74, 6) is -1.80. The molecule has 0 aliphatic carbocycles. The number of carboxylic acids is 1. The summed E-state index contributed by atoms with van der Waals surface area (Å²) >= 11 is 0. The van der Waals surface area contributed by atoms with Crippen molar-refractivity contribution in [3.8, 4) is 0 Å². The van der Waals surface area contributed by atoms with Crippen LogP contribution in [-0.4, -0.2) is 34.3 Å². The molecule has 0 aromatic heterocycles. The van der Waals surface area contributed by atoms with E-state index in [1.54, 1.807) is 0 Å². The zero-order valence-corrected chi connectivity index (χ0v) is 11.1. The van der Waals surface area contributed by atoms with E-state index in [4.69, 9.17) is 20.7 Å². The second kappa shape index (κ2) is 8.29. The van der Waals surface area contributed by atoms with Gasteiger partial charge in [-0.3, -0.25) is 4.79 Å². The van der Waals surface area contributed by atoms with Crippen molar-refractivity contribution in [1.29, 1.82) is 0 Å². The lowest BCUT2D eigenvalue weighted by atomic mass is 10.1. The second-order valence-corrected chi connectivity index (χ2v) is 4.48. The molecule has 0 aliphatic rings. The quantitative estimate of drug-likeness (QED) is 0.604. The predicted molar refractivity (Wildman–Crippen MR) is 71.7 cm³/mol. The molecular formula is C14H19NO5. The minimum atomic E-state index is -1.41. The summed E-state index contributed by atoms with van der Waals surface area (Å²) < 4.78 is 5.05. The highest BCUT2D eigenvalue weighted by molar-refractivity contribution is 5.75. The van der Waals surface area contributed by atoms with Crippen molar-refractivity contribution >= 4 is 11.9 Å². The molecule has 0 amide bonds. The first kappa shape index (κ1) is 16.1. The number of aliphatic carboxylic acids is 1. The van der Waals surface area contributed by atoms with Gasteiger partial charge < -0.3 is 20.7 Å². The zero-order valence-electron chi connectivity index (χ0n) is 11.1. The fraction of sp³-hybridized carbons (Fsp3) is 0.429. The Morgan fingerprint density at radius 1 is 1.20 bits per heavy atom. The van der Waals surface area contributed by atoms with E-state index in [2.05, 4.69) is 0 Å². The van der Waals surface area contributed by atoms with Crippen molar-refractivity contribution in [3.05, 3.63) is 35.9 Å². The van der Waals surface area contributed by atoms with Crippen LogP contribution in [0.2, 0.25) is 0 Å². The highest BCUT2D eigenvalue weighted by Crippen LogP contribution is 2.06. The third-order valence-corrected chi connectivity index (χ3v) is 2.80. The average molecular weight is 281 g/mol. The molecule has 2 unspecified atom stereocenters. The molecule has 0 bridgehead atoms. The molecule has 2 atom stereocenters. The number of carbonyl (C=O) groups is 2. The van der Waals surface area contributed by atoms with Gasteiger partial charge in [-0.05, 0) is 24.8 Å². The van der Waals surface area contributed by atoms with Gasteiger partial charge in [0.05, 0.1) is 0 Å². The van der Waals surface area contributed by atoms with Crippen LogP contribution in [0.4, 0.5) is 0 Å². The molecule has 1 aromatic carbocycles. The van der Waals surface area contributed by atoms with Gasteiger partial charge in [-0.25, -0.2) is 4.79 Å². The van der Waals surface area contributed by atoms with Crippen LogP contribution in [0.25, 0.3) is 0 Å². The van der Waals surface area contributed by atoms with E-state index < -0.39 is 24.1 Å². The number of carboxylic acid groups (broad SMARTS) is 1. The van der Waals surface area contributed by atoms with Crippen molar-refractivity contribution in [2.75, 3.05) is 0 Å². The number of hydrogen-bond donors (Lipinski definition) is 3. The van der Waals surface area contributed by atoms with E-state index in [1.165, 1.54) is 0 Å². The molecule has 0 heterocycles. The van der Waals surface area contributed by atoms with Crippen LogP contribution in [0, 0.1) is 0 Å². The number of hydrogen-bond acceptors (Lipinski definition) is 5. The Hall–Kier alpha value is -1.92. The van der Waals surface area contributed by atoms with Crippen LogP contribution in [0.5, 0.6) is 0 Å². The lowest BCUT2D eigenvalue weighted by Gasteiger charge is -2.12. The molecule has 6 heteroatoms. The molecule has 0 saturated heterocycles. The molecule has 0 spiro atoms. The fourth-order valence-electron chi connectivity index (χ4n) is 1.61. The third kappa shape index (κ3) is 5.81. The van der Waals surface area contributed by atoms with Gasteiger partial charge in [0, 0.05) is 0 Å². The Bertz CT molecular complexity index is 434. The van der Waals surface area contributed by atoms with Crippen molar-refractivity contribution in [1.82, 2.24) is 0 Å². The molecule has 4 N–H and O–H groups in total. The van der Waals surface area contributed by atoms with E-state index in [0.717, 1.165) is 5.56 Å². The van der Waals surface area contributed by atoms with Crippen molar-refractivity contribution in [2.24, 2.45) is 5.73 Å². The molecule has 1 rings (SSSR count).